The smallest absolute Gasteiger partial charge is 0.114 e. The summed E-state index contributed by atoms with van der Waals surface area (Å²) in [5, 5.41) is 10.1. The highest BCUT2D eigenvalue weighted by atomic mass is 16.5. The molecule has 3 nitrogen and oxygen atoms in total. The van der Waals surface area contributed by atoms with Crippen LogP contribution in [0.15, 0.2) is 24.5 Å². The van der Waals surface area contributed by atoms with Crippen molar-refractivity contribution in [3.8, 4) is 0 Å². The van der Waals surface area contributed by atoms with Gasteiger partial charge in [-0.1, -0.05) is 6.07 Å². The zero-order valence-corrected chi connectivity index (χ0v) is 8.19. The van der Waals surface area contributed by atoms with Gasteiger partial charge in [0, 0.05) is 25.1 Å². The third-order valence-corrected chi connectivity index (χ3v) is 2.39. The molecular weight excluding hydrogens is 166 g/mol. The van der Waals surface area contributed by atoms with E-state index in [1.807, 2.05) is 13.0 Å². The van der Waals surface area contributed by atoms with E-state index >= 15 is 0 Å². The van der Waals surface area contributed by atoms with Crippen molar-refractivity contribution in [2.24, 2.45) is 0 Å². The van der Waals surface area contributed by atoms with Crippen molar-refractivity contribution in [1.29, 1.82) is 0 Å². The first kappa shape index (κ1) is 10.2. The minimum Gasteiger partial charge on any atom is -0.383 e. The van der Waals surface area contributed by atoms with Gasteiger partial charge < -0.3 is 9.84 Å². The van der Waals surface area contributed by atoms with E-state index in [9.17, 15) is 5.11 Å². The molecule has 1 heterocycles. The maximum Gasteiger partial charge on any atom is 0.114 e. The molecule has 0 amide bonds. The van der Waals surface area contributed by atoms with Gasteiger partial charge in [-0.15, -0.1) is 0 Å². The van der Waals surface area contributed by atoms with E-state index in [1.165, 1.54) is 0 Å². The zero-order valence-electron chi connectivity index (χ0n) is 8.19. The van der Waals surface area contributed by atoms with Crippen LogP contribution in [-0.4, -0.2) is 23.3 Å². The molecule has 3 heteroatoms. The monoisotopic (exact) mass is 181 g/mol. The Hall–Kier alpha value is -0.930. The lowest BCUT2D eigenvalue weighted by atomic mass is 9.92. The second-order valence-corrected chi connectivity index (χ2v) is 3.27. The second kappa shape index (κ2) is 3.85. The van der Waals surface area contributed by atoms with Crippen LogP contribution in [0.25, 0.3) is 0 Å². The molecule has 0 aliphatic heterocycles. The number of pyridine rings is 1. The Morgan fingerprint density at radius 1 is 1.62 bits per heavy atom. The van der Waals surface area contributed by atoms with Crippen molar-refractivity contribution in [3.05, 3.63) is 30.1 Å². The lowest BCUT2D eigenvalue weighted by Gasteiger charge is -2.29. The predicted octanol–water partition coefficient (Wildman–Crippen LogP) is 1.32. The molecule has 0 aliphatic rings. The Bertz CT molecular complexity index is 259. The van der Waals surface area contributed by atoms with Crippen LogP contribution in [0.4, 0.5) is 0 Å². The summed E-state index contributed by atoms with van der Waals surface area (Å²) in [6.45, 7) is 3.55. The molecule has 72 valence electrons. The van der Waals surface area contributed by atoms with Crippen molar-refractivity contribution in [2.75, 3.05) is 7.11 Å². The van der Waals surface area contributed by atoms with Gasteiger partial charge in [-0.05, 0) is 19.9 Å². The van der Waals surface area contributed by atoms with Gasteiger partial charge in [0.05, 0.1) is 6.10 Å². The van der Waals surface area contributed by atoms with Crippen LogP contribution < -0.4 is 0 Å². The Balaban J connectivity index is 2.93. The van der Waals surface area contributed by atoms with Crippen molar-refractivity contribution in [2.45, 2.75) is 25.6 Å². The molecule has 0 fully saturated rings. The Kier molecular flexibility index (Phi) is 3.01. The third-order valence-electron chi connectivity index (χ3n) is 2.39. The van der Waals surface area contributed by atoms with Crippen LogP contribution in [0, 0.1) is 0 Å². The summed E-state index contributed by atoms with van der Waals surface area (Å²) >= 11 is 0. The van der Waals surface area contributed by atoms with Gasteiger partial charge in [0.15, 0.2) is 0 Å². The summed E-state index contributed by atoms with van der Waals surface area (Å²) in [5.74, 6) is 0. The van der Waals surface area contributed by atoms with Crippen LogP contribution in [0.1, 0.15) is 19.4 Å². The lowest BCUT2D eigenvalue weighted by Crippen LogP contribution is -2.35. The zero-order chi connectivity index (χ0) is 9.90. The number of ether oxygens (including phenoxy) is 1. The minimum atomic E-state index is -0.983. The number of aliphatic hydroxyl groups is 1. The highest BCUT2D eigenvalue weighted by Gasteiger charge is 2.30. The van der Waals surface area contributed by atoms with E-state index in [1.54, 1.807) is 32.5 Å². The Morgan fingerprint density at radius 3 is 2.77 bits per heavy atom. The Labute approximate surface area is 78.4 Å². The minimum absolute atomic E-state index is 0.253. The van der Waals surface area contributed by atoms with Gasteiger partial charge in [0.2, 0.25) is 0 Å². The fourth-order valence-electron chi connectivity index (χ4n) is 1.13. The molecule has 2 atom stereocenters. The van der Waals surface area contributed by atoms with Gasteiger partial charge in [0.25, 0.3) is 0 Å². The largest absolute Gasteiger partial charge is 0.383 e. The SMILES string of the molecule is COC(C)C(C)(O)c1cccnc1. The number of nitrogens with zero attached hydrogens (tertiary/aromatic N) is 1. The van der Waals surface area contributed by atoms with Crippen LogP contribution in [0.5, 0.6) is 0 Å². The highest BCUT2D eigenvalue weighted by Crippen LogP contribution is 2.24. The number of hydrogen-bond donors (Lipinski definition) is 1. The van der Waals surface area contributed by atoms with E-state index in [2.05, 4.69) is 4.98 Å². The molecule has 0 spiro atoms. The van der Waals surface area contributed by atoms with Crippen molar-refractivity contribution >= 4 is 0 Å². The fraction of sp³-hybridized carbons (Fsp3) is 0.500. The van der Waals surface area contributed by atoms with Gasteiger partial charge in [-0.2, -0.15) is 0 Å². The molecule has 13 heavy (non-hydrogen) atoms. The fourth-order valence-corrected chi connectivity index (χ4v) is 1.13. The van der Waals surface area contributed by atoms with Gasteiger partial charge in [0.1, 0.15) is 5.60 Å². The molecular formula is C10H15NO2. The number of aromatic nitrogens is 1. The van der Waals surface area contributed by atoms with E-state index in [-0.39, 0.29) is 6.10 Å². The summed E-state index contributed by atoms with van der Waals surface area (Å²) in [7, 11) is 1.58. The van der Waals surface area contributed by atoms with Crippen LogP contribution >= 0.6 is 0 Å². The number of methoxy groups -OCH3 is 1. The maximum absolute atomic E-state index is 10.1. The summed E-state index contributed by atoms with van der Waals surface area (Å²) < 4.78 is 5.09. The maximum atomic E-state index is 10.1. The molecule has 1 aromatic heterocycles. The first-order valence-corrected chi connectivity index (χ1v) is 4.24. The molecule has 2 unspecified atom stereocenters. The van der Waals surface area contributed by atoms with E-state index in [0.29, 0.717) is 0 Å². The average molecular weight is 181 g/mol. The van der Waals surface area contributed by atoms with E-state index in [4.69, 9.17) is 4.74 Å². The normalized spacial score (nSPS) is 17.8. The quantitative estimate of drug-likeness (QED) is 0.764. The topological polar surface area (TPSA) is 42.4 Å². The summed E-state index contributed by atoms with van der Waals surface area (Å²) in [6, 6.07) is 3.63. The number of rotatable bonds is 3. The van der Waals surface area contributed by atoms with Gasteiger partial charge in [-0.25, -0.2) is 0 Å². The second-order valence-electron chi connectivity index (χ2n) is 3.27. The molecule has 1 rings (SSSR count). The van der Waals surface area contributed by atoms with E-state index < -0.39 is 5.60 Å². The first-order chi connectivity index (χ1) is 6.09. The highest BCUT2D eigenvalue weighted by molar-refractivity contribution is 5.18. The summed E-state index contributed by atoms with van der Waals surface area (Å²) in [6.07, 6.45) is 3.07. The molecule has 1 N–H and O–H groups in total. The van der Waals surface area contributed by atoms with E-state index in [0.717, 1.165) is 5.56 Å². The predicted molar refractivity (Wildman–Crippen MR) is 50.3 cm³/mol. The number of hydrogen-bond acceptors (Lipinski definition) is 3. The van der Waals surface area contributed by atoms with Crippen LogP contribution in [-0.2, 0) is 10.3 Å². The third kappa shape index (κ3) is 2.05. The Morgan fingerprint density at radius 2 is 2.31 bits per heavy atom. The molecule has 0 saturated heterocycles. The molecule has 0 aliphatic carbocycles. The van der Waals surface area contributed by atoms with Gasteiger partial charge in [-0.3, -0.25) is 4.98 Å². The molecule has 0 saturated carbocycles. The van der Waals surface area contributed by atoms with Gasteiger partial charge >= 0.3 is 0 Å². The summed E-state index contributed by atoms with van der Waals surface area (Å²) in [4.78, 5) is 3.95. The van der Waals surface area contributed by atoms with Crippen LogP contribution in [0.3, 0.4) is 0 Å². The molecule has 0 radical (unpaired) electrons. The van der Waals surface area contributed by atoms with Crippen molar-refractivity contribution < 1.29 is 9.84 Å². The molecule has 0 bridgehead atoms. The molecule has 0 aromatic carbocycles. The van der Waals surface area contributed by atoms with Crippen molar-refractivity contribution in [3.63, 3.8) is 0 Å². The summed E-state index contributed by atoms with van der Waals surface area (Å²) in [5.41, 5.74) is -0.215. The van der Waals surface area contributed by atoms with Crippen LogP contribution in [0.2, 0.25) is 0 Å². The standard InChI is InChI=1S/C10H15NO2/c1-8(13-3)10(2,12)9-5-4-6-11-7-9/h4-8,12H,1-3H3. The lowest BCUT2D eigenvalue weighted by molar-refractivity contribution is -0.0773. The first-order valence-electron chi connectivity index (χ1n) is 4.24. The molecule has 1 aromatic rings. The average Bonchev–Trinajstić information content (AvgIpc) is 2.18. The van der Waals surface area contributed by atoms with Crippen molar-refractivity contribution in [1.82, 2.24) is 4.98 Å².